The van der Waals surface area contributed by atoms with E-state index in [4.69, 9.17) is 9.47 Å². The van der Waals surface area contributed by atoms with Crippen molar-refractivity contribution in [3.63, 3.8) is 0 Å². The van der Waals surface area contributed by atoms with Crippen molar-refractivity contribution in [2.24, 2.45) is 5.92 Å². The average Bonchev–Trinajstić information content (AvgIpc) is 2.81. The molecular formula is C23H30N2O5S2. The molecule has 0 saturated carbocycles. The number of benzene rings is 2. The van der Waals surface area contributed by atoms with E-state index >= 15 is 0 Å². The summed E-state index contributed by atoms with van der Waals surface area (Å²) in [7, 11) is -2.21. The number of nitrogens with one attached hydrogen (secondary N) is 1. The van der Waals surface area contributed by atoms with Crippen LogP contribution in [0.5, 0.6) is 11.5 Å². The molecule has 1 fully saturated rings. The number of hydrogen-bond donors (Lipinski definition) is 1. The highest BCUT2D eigenvalue weighted by molar-refractivity contribution is 7.98. The van der Waals surface area contributed by atoms with Gasteiger partial charge < -0.3 is 14.4 Å². The molecule has 7 nitrogen and oxygen atoms in total. The molecule has 1 heterocycles. The lowest BCUT2D eigenvalue weighted by molar-refractivity contribution is 0.0693. The van der Waals surface area contributed by atoms with Gasteiger partial charge in [0.2, 0.25) is 10.0 Å². The summed E-state index contributed by atoms with van der Waals surface area (Å²) in [5.41, 5.74) is 0.433. The third-order valence-corrected chi connectivity index (χ3v) is 7.74. The van der Waals surface area contributed by atoms with Gasteiger partial charge in [0.05, 0.1) is 17.6 Å². The molecule has 2 aromatic rings. The van der Waals surface area contributed by atoms with Crippen molar-refractivity contribution in [3.05, 3.63) is 48.0 Å². The van der Waals surface area contributed by atoms with Gasteiger partial charge in [-0.25, -0.2) is 13.1 Å². The Kier molecular flexibility index (Phi) is 8.44. The number of methoxy groups -OCH3 is 1. The number of rotatable bonds is 9. The first-order valence-electron chi connectivity index (χ1n) is 10.6. The van der Waals surface area contributed by atoms with E-state index in [0.717, 1.165) is 17.7 Å². The summed E-state index contributed by atoms with van der Waals surface area (Å²) in [6, 6.07) is 11.8. The maximum absolute atomic E-state index is 13.1. The van der Waals surface area contributed by atoms with Crippen LogP contribution in [0.2, 0.25) is 0 Å². The fourth-order valence-electron chi connectivity index (χ4n) is 3.52. The largest absolute Gasteiger partial charge is 0.497 e. The predicted octanol–water partition coefficient (Wildman–Crippen LogP) is 3.65. The molecule has 1 aliphatic rings. The normalized spacial score (nSPS) is 14.9. The fraction of sp³-hybridized carbons (Fsp3) is 0.435. The van der Waals surface area contributed by atoms with E-state index in [0.29, 0.717) is 36.1 Å². The van der Waals surface area contributed by atoms with E-state index < -0.39 is 10.0 Å². The van der Waals surface area contributed by atoms with Crippen LogP contribution in [0, 0.1) is 5.92 Å². The number of carbonyl (C=O) groups is 1. The molecule has 0 atom stereocenters. The first kappa shape index (κ1) is 24.4. The van der Waals surface area contributed by atoms with Crippen LogP contribution < -0.4 is 14.2 Å². The van der Waals surface area contributed by atoms with Crippen molar-refractivity contribution in [1.82, 2.24) is 9.62 Å². The van der Waals surface area contributed by atoms with E-state index in [1.807, 2.05) is 11.2 Å². The van der Waals surface area contributed by atoms with Crippen LogP contribution in [-0.2, 0) is 10.0 Å². The molecular weight excluding hydrogens is 448 g/mol. The molecule has 32 heavy (non-hydrogen) atoms. The van der Waals surface area contributed by atoms with E-state index in [1.54, 1.807) is 37.4 Å². The Hall–Kier alpha value is -2.23. The second-order valence-corrected chi connectivity index (χ2v) is 10.4. The van der Waals surface area contributed by atoms with Gasteiger partial charge in [0.25, 0.3) is 5.91 Å². The smallest absolute Gasteiger partial charge is 0.255 e. The van der Waals surface area contributed by atoms with E-state index in [-0.39, 0.29) is 24.0 Å². The maximum Gasteiger partial charge on any atom is 0.255 e. The van der Waals surface area contributed by atoms with Crippen molar-refractivity contribution in [1.29, 1.82) is 0 Å². The van der Waals surface area contributed by atoms with Gasteiger partial charge in [-0.05, 0) is 55.3 Å². The molecule has 0 radical (unpaired) electrons. The van der Waals surface area contributed by atoms with E-state index in [2.05, 4.69) is 11.6 Å². The molecule has 3 rings (SSSR count). The Labute approximate surface area is 194 Å². The van der Waals surface area contributed by atoms with Crippen molar-refractivity contribution in [2.45, 2.75) is 29.6 Å². The van der Waals surface area contributed by atoms with Crippen LogP contribution in [0.1, 0.15) is 30.1 Å². The summed E-state index contributed by atoms with van der Waals surface area (Å²) in [5, 5.41) is 0. The zero-order chi connectivity index (χ0) is 23.1. The zero-order valence-corrected chi connectivity index (χ0v) is 20.3. The lowest BCUT2D eigenvalue weighted by Gasteiger charge is -2.30. The lowest BCUT2D eigenvalue weighted by Crippen LogP contribution is -2.38. The SMILES string of the molecule is COc1cccc(OCCNS(=O)(=O)c2ccc(SC)c(C(=O)N3CCC(C)CC3)c2)c1. The Morgan fingerprint density at radius 3 is 2.56 bits per heavy atom. The minimum absolute atomic E-state index is 0.0745. The van der Waals surface area contributed by atoms with Crippen LogP contribution in [0.25, 0.3) is 0 Å². The van der Waals surface area contributed by atoms with Gasteiger partial charge in [-0.15, -0.1) is 11.8 Å². The first-order chi connectivity index (χ1) is 15.3. The van der Waals surface area contributed by atoms with Crippen LogP contribution >= 0.6 is 11.8 Å². The molecule has 0 bridgehead atoms. The molecule has 1 aliphatic heterocycles. The number of nitrogens with zero attached hydrogens (tertiary/aromatic N) is 1. The van der Waals surface area contributed by atoms with Gasteiger partial charge in [-0.1, -0.05) is 13.0 Å². The molecule has 2 aromatic carbocycles. The standard InChI is InChI=1S/C23H30N2O5S2/c1-17-9-12-25(13-10-17)23(26)21-16-20(7-8-22(21)31-3)32(27,28)24-11-14-30-19-6-4-5-18(15-19)29-2/h4-8,15-17,24H,9-14H2,1-3H3. The van der Waals surface area contributed by atoms with Gasteiger partial charge in [-0.2, -0.15) is 0 Å². The molecule has 9 heteroatoms. The first-order valence-corrected chi connectivity index (χ1v) is 13.3. The summed E-state index contributed by atoms with van der Waals surface area (Å²) >= 11 is 1.44. The third kappa shape index (κ3) is 6.17. The Balaban J connectivity index is 1.66. The predicted molar refractivity (Wildman–Crippen MR) is 126 cm³/mol. The van der Waals surface area contributed by atoms with E-state index in [9.17, 15) is 13.2 Å². The minimum Gasteiger partial charge on any atom is -0.497 e. The summed E-state index contributed by atoms with van der Waals surface area (Å²) in [6.07, 6.45) is 3.81. The molecule has 1 N–H and O–H groups in total. The number of ether oxygens (including phenoxy) is 2. The topological polar surface area (TPSA) is 84.9 Å². The lowest BCUT2D eigenvalue weighted by atomic mass is 9.98. The second kappa shape index (κ2) is 11.1. The van der Waals surface area contributed by atoms with Crippen LogP contribution in [0.4, 0.5) is 0 Å². The number of hydrogen-bond acceptors (Lipinski definition) is 6. The second-order valence-electron chi connectivity index (χ2n) is 7.76. The van der Waals surface area contributed by atoms with Gasteiger partial charge in [0, 0.05) is 30.6 Å². The Morgan fingerprint density at radius 2 is 1.88 bits per heavy atom. The molecule has 0 aliphatic carbocycles. The van der Waals surface area contributed by atoms with Crippen LogP contribution in [0.15, 0.2) is 52.3 Å². The van der Waals surface area contributed by atoms with Crippen molar-refractivity contribution < 1.29 is 22.7 Å². The van der Waals surface area contributed by atoms with Crippen LogP contribution in [-0.4, -0.2) is 58.8 Å². The van der Waals surface area contributed by atoms with E-state index in [1.165, 1.54) is 23.9 Å². The fourth-order valence-corrected chi connectivity index (χ4v) is 5.13. The molecule has 1 amide bonds. The minimum atomic E-state index is -3.78. The highest BCUT2D eigenvalue weighted by Gasteiger charge is 2.25. The monoisotopic (exact) mass is 478 g/mol. The average molecular weight is 479 g/mol. The Morgan fingerprint density at radius 1 is 1.16 bits per heavy atom. The van der Waals surface area contributed by atoms with Crippen LogP contribution in [0.3, 0.4) is 0 Å². The molecule has 0 spiro atoms. The number of amides is 1. The highest BCUT2D eigenvalue weighted by atomic mass is 32.2. The Bertz CT molecular complexity index is 1030. The summed E-state index contributed by atoms with van der Waals surface area (Å²) < 4.78 is 38.9. The molecule has 1 saturated heterocycles. The molecule has 174 valence electrons. The number of carbonyl (C=O) groups excluding carboxylic acids is 1. The van der Waals surface area contributed by atoms with Gasteiger partial charge in [0.15, 0.2) is 0 Å². The highest BCUT2D eigenvalue weighted by Crippen LogP contribution is 2.27. The van der Waals surface area contributed by atoms with Crippen molar-refractivity contribution in [3.8, 4) is 11.5 Å². The van der Waals surface area contributed by atoms with Gasteiger partial charge in [-0.3, -0.25) is 4.79 Å². The number of piperidine rings is 1. The number of likely N-dealkylation sites (tertiary alicyclic amines) is 1. The zero-order valence-electron chi connectivity index (χ0n) is 18.7. The maximum atomic E-state index is 13.1. The summed E-state index contributed by atoms with van der Waals surface area (Å²) in [5.74, 6) is 1.75. The number of thioether (sulfide) groups is 1. The summed E-state index contributed by atoms with van der Waals surface area (Å²) in [6.45, 7) is 3.84. The molecule has 0 aromatic heterocycles. The van der Waals surface area contributed by atoms with Crippen molar-refractivity contribution in [2.75, 3.05) is 39.6 Å². The van der Waals surface area contributed by atoms with Gasteiger partial charge in [0.1, 0.15) is 18.1 Å². The quantitative estimate of drug-likeness (QED) is 0.438. The van der Waals surface area contributed by atoms with Crippen molar-refractivity contribution >= 4 is 27.7 Å². The number of sulfonamides is 1. The summed E-state index contributed by atoms with van der Waals surface area (Å²) in [4.78, 5) is 15.8. The van der Waals surface area contributed by atoms with Gasteiger partial charge >= 0.3 is 0 Å². The third-order valence-electron chi connectivity index (χ3n) is 5.49. The molecule has 0 unspecified atom stereocenters.